The number of piperidine rings is 1. The maximum Gasteiger partial charge on any atom is 0.317 e. The number of rotatable bonds is 5. The minimum atomic E-state index is 0.0706. The maximum absolute atomic E-state index is 12.5. The normalized spacial score (nSPS) is 24.9. The molecule has 0 saturated carbocycles. The third-order valence-electron chi connectivity index (χ3n) is 5.29. The number of urea groups is 1. The molecule has 1 aromatic rings. The van der Waals surface area contributed by atoms with E-state index in [9.17, 15) is 4.79 Å². The Morgan fingerprint density at radius 2 is 2.08 bits per heavy atom. The Morgan fingerprint density at radius 1 is 1.24 bits per heavy atom. The van der Waals surface area contributed by atoms with Gasteiger partial charge in [0.15, 0.2) is 0 Å². The van der Waals surface area contributed by atoms with E-state index in [0.717, 1.165) is 25.9 Å². The first-order valence-electron chi connectivity index (χ1n) is 9.57. The standard InChI is InChI=1S/C20H31N3O2/c1-22-11-5-8-18(15-22)14-21-20(24)23-12-13-25-19(16-23)10-9-17-6-3-2-4-7-17/h2-4,6-7,18-19H,5,8-16H2,1H3,(H,21,24)/t18-,19-/m0/s1. The third kappa shape index (κ3) is 5.72. The Hall–Kier alpha value is -1.59. The highest BCUT2D eigenvalue weighted by Crippen LogP contribution is 2.15. The summed E-state index contributed by atoms with van der Waals surface area (Å²) in [5.41, 5.74) is 1.33. The van der Waals surface area contributed by atoms with Crippen molar-refractivity contribution in [1.29, 1.82) is 0 Å². The lowest BCUT2D eigenvalue weighted by molar-refractivity contribution is -0.0177. The summed E-state index contributed by atoms with van der Waals surface area (Å²) >= 11 is 0. The Balaban J connectivity index is 1.40. The van der Waals surface area contributed by atoms with Crippen LogP contribution in [0.1, 0.15) is 24.8 Å². The summed E-state index contributed by atoms with van der Waals surface area (Å²) in [5.74, 6) is 0.581. The average molecular weight is 345 g/mol. The monoisotopic (exact) mass is 345 g/mol. The summed E-state index contributed by atoms with van der Waals surface area (Å²) in [6, 6.07) is 10.5. The number of ether oxygens (including phenoxy) is 1. The fourth-order valence-electron chi connectivity index (χ4n) is 3.83. The van der Waals surface area contributed by atoms with E-state index in [-0.39, 0.29) is 12.1 Å². The van der Waals surface area contributed by atoms with Gasteiger partial charge in [-0.3, -0.25) is 0 Å². The van der Waals surface area contributed by atoms with Gasteiger partial charge in [-0.05, 0) is 50.8 Å². The second kappa shape index (κ2) is 9.20. The van der Waals surface area contributed by atoms with Gasteiger partial charge in [-0.1, -0.05) is 30.3 Å². The van der Waals surface area contributed by atoms with Gasteiger partial charge in [0.1, 0.15) is 0 Å². The van der Waals surface area contributed by atoms with Crippen LogP contribution in [-0.4, -0.2) is 68.3 Å². The highest BCUT2D eigenvalue weighted by Gasteiger charge is 2.25. The molecule has 0 aromatic heterocycles. The molecule has 2 aliphatic heterocycles. The van der Waals surface area contributed by atoms with Gasteiger partial charge < -0.3 is 19.9 Å². The van der Waals surface area contributed by atoms with Crippen LogP contribution in [0.4, 0.5) is 4.79 Å². The molecule has 2 fully saturated rings. The Morgan fingerprint density at radius 3 is 2.88 bits per heavy atom. The number of morpholine rings is 1. The smallest absolute Gasteiger partial charge is 0.317 e. The first kappa shape index (κ1) is 18.2. The molecule has 138 valence electrons. The minimum Gasteiger partial charge on any atom is -0.375 e. The lowest BCUT2D eigenvalue weighted by Crippen LogP contribution is -2.51. The van der Waals surface area contributed by atoms with Crippen LogP contribution >= 0.6 is 0 Å². The van der Waals surface area contributed by atoms with E-state index >= 15 is 0 Å². The van der Waals surface area contributed by atoms with Gasteiger partial charge >= 0.3 is 6.03 Å². The number of nitrogens with one attached hydrogen (secondary N) is 1. The summed E-state index contributed by atoms with van der Waals surface area (Å²) in [4.78, 5) is 16.8. The molecule has 0 aliphatic carbocycles. The van der Waals surface area contributed by atoms with Crippen LogP contribution in [0, 0.1) is 5.92 Å². The Kier molecular flexibility index (Phi) is 6.70. The summed E-state index contributed by atoms with van der Waals surface area (Å²) in [6.45, 7) is 5.08. The van der Waals surface area contributed by atoms with E-state index in [2.05, 4.69) is 41.5 Å². The van der Waals surface area contributed by atoms with Gasteiger partial charge in [-0.15, -0.1) is 0 Å². The number of nitrogens with zero attached hydrogens (tertiary/aromatic N) is 2. The molecule has 25 heavy (non-hydrogen) atoms. The van der Waals surface area contributed by atoms with E-state index in [4.69, 9.17) is 4.74 Å². The maximum atomic E-state index is 12.5. The van der Waals surface area contributed by atoms with Crippen molar-refractivity contribution in [2.45, 2.75) is 31.8 Å². The van der Waals surface area contributed by atoms with Crippen molar-refractivity contribution in [3.05, 3.63) is 35.9 Å². The molecule has 1 aromatic carbocycles. The van der Waals surface area contributed by atoms with Gasteiger partial charge in [0.05, 0.1) is 12.7 Å². The molecule has 0 bridgehead atoms. The van der Waals surface area contributed by atoms with E-state index in [1.807, 2.05) is 11.0 Å². The third-order valence-corrected chi connectivity index (χ3v) is 5.29. The molecule has 5 heteroatoms. The van der Waals surface area contributed by atoms with Crippen molar-refractivity contribution in [3.8, 4) is 0 Å². The Bertz CT molecular complexity index is 537. The zero-order valence-corrected chi connectivity index (χ0v) is 15.3. The molecule has 2 heterocycles. The molecule has 1 N–H and O–H groups in total. The van der Waals surface area contributed by atoms with Gasteiger partial charge in [-0.25, -0.2) is 4.79 Å². The van der Waals surface area contributed by atoms with Crippen molar-refractivity contribution in [3.63, 3.8) is 0 Å². The molecule has 0 spiro atoms. The predicted octanol–water partition coefficient (Wildman–Crippen LogP) is 2.37. The molecular weight excluding hydrogens is 314 g/mol. The zero-order valence-electron chi connectivity index (χ0n) is 15.3. The highest BCUT2D eigenvalue weighted by molar-refractivity contribution is 5.74. The molecule has 2 atom stereocenters. The van der Waals surface area contributed by atoms with Crippen LogP contribution in [0.2, 0.25) is 0 Å². The number of carbonyl (C=O) groups is 1. The van der Waals surface area contributed by atoms with Gasteiger partial charge in [-0.2, -0.15) is 0 Å². The van der Waals surface area contributed by atoms with Crippen molar-refractivity contribution in [2.24, 2.45) is 5.92 Å². The van der Waals surface area contributed by atoms with Crippen molar-refractivity contribution < 1.29 is 9.53 Å². The van der Waals surface area contributed by atoms with Gasteiger partial charge in [0.2, 0.25) is 0 Å². The van der Waals surface area contributed by atoms with Crippen LogP contribution in [0.25, 0.3) is 0 Å². The lowest BCUT2D eigenvalue weighted by Gasteiger charge is -2.34. The number of likely N-dealkylation sites (tertiary alicyclic amines) is 1. The summed E-state index contributed by atoms with van der Waals surface area (Å²) in [7, 11) is 2.16. The van der Waals surface area contributed by atoms with Gasteiger partial charge in [0.25, 0.3) is 0 Å². The summed E-state index contributed by atoms with van der Waals surface area (Å²) in [6.07, 6.45) is 4.54. The zero-order chi connectivity index (χ0) is 17.5. The number of carbonyl (C=O) groups excluding carboxylic acids is 1. The second-order valence-corrected chi connectivity index (χ2v) is 7.42. The van der Waals surface area contributed by atoms with Crippen molar-refractivity contribution in [2.75, 3.05) is 46.4 Å². The number of hydrogen-bond donors (Lipinski definition) is 1. The number of aryl methyl sites for hydroxylation is 1. The predicted molar refractivity (Wildman–Crippen MR) is 99.7 cm³/mol. The van der Waals surface area contributed by atoms with Crippen molar-refractivity contribution in [1.82, 2.24) is 15.1 Å². The van der Waals surface area contributed by atoms with E-state index in [1.54, 1.807) is 0 Å². The second-order valence-electron chi connectivity index (χ2n) is 7.42. The molecule has 2 saturated heterocycles. The fourth-order valence-corrected chi connectivity index (χ4v) is 3.83. The van der Waals surface area contributed by atoms with E-state index < -0.39 is 0 Å². The van der Waals surface area contributed by atoms with Crippen LogP contribution in [-0.2, 0) is 11.2 Å². The minimum absolute atomic E-state index is 0.0706. The fraction of sp³-hybridized carbons (Fsp3) is 0.650. The molecular formula is C20H31N3O2. The number of amides is 2. The van der Waals surface area contributed by atoms with Crippen molar-refractivity contribution >= 4 is 6.03 Å². The average Bonchev–Trinajstić information content (AvgIpc) is 2.65. The molecule has 2 amide bonds. The summed E-state index contributed by atoms with van der Waals surface area (Å²) < 4.78 is 5.86. The van der Waals surface area contributed by atoms with E-state index in [1.165, 1.54) is 24.9 Å². The first-order chi connectivity index (χ1) is 12.2. The largest absolute Gasteiger partial charge is 0.375 e. The Labute approximate surface area is 151 Å². The molecule has 0 unspecified atom stereocenters. The summed E-state index contributed by atoms with van der Waals surface area (Å²) in [5, 5.41) is 3.14. The quantitative estimate of drug-likeness (QED) is 0.891. The van der Waals surface area contributed by atoms with Crippen LogP contribution in [0.3, 0.4) is 0 Å². The van der Waals surface area contributed by atoms with Crippen LogP contribution in [0.5, 0.6) is 0 Å². The molecule has 5 nitrogen and oxygen atoms in total. The molecule has 0 radical (unpaired) electrons. The topological polar surface area (TPSA) is 44.8 Å². The SMILES string of the molecule is CN1CCC[C@@H](CNC(=O)N2CCO[C@@H](CCc3ccccc3)C2)C1. The highest BCUT2D eigenvalue weighted by atomic mass is 16.5. The van der Waals surface area contributed by atoms with Crippen LogP contribution < -0.4 is 5.32 Å². The number of hydrogen-bond acceptors (Lipinski definition) is 3. The molecule has 2 aliphatic rings. The molecule has 3 rings (SSSR count). The lowest BCUT2D eigenvalue weighted by atomic mass is 9.98. The first-order valence-corrected chi connectivity index (χ1v) is 9.57. The van der Waals surface area contributed by atoms with Crippen LogP contribution in [0.15, 0.2) is 30.3 Å². The van der Waals surface area contributed by atoms with E-state index in [0.29, 0.717) is 25.6 Å². The van der Waals surface area contributed by atoms with Gasteiger partial charge in [0, 0.05) is 26.2 Å². The number of benzene rings is 1.